The number of benzene rings is 1. The number of hydrogen-bond donors (Lipinski definition) is 1. The molecule has 2 heterocycles. The average molecular weight is 467 g/mol. The predicted octanol–water partition coefficient (Wildman–Crippen LogP) is 4.97. The van der Waals surface area contributed by atoms with Gasteiger partial charge in [0.2, 0.25) is 0 Å². The van der Waals surface area contributed by atoms with E-state index in [9.17, 15) is 9.18 Å². The van der Waals surface area contributed by atoms with Gasteiger partial charge in [-0.05, 0) is 79.3 Å². The Kier molecular flexibility index (Phi) is 6.47. The number of carbonyl (C=O) groups excluding carboxylic acids is 1. The van der Waals surface area contributed by atoms with E-state index in [1.807, 2.05) is 15.8 Å². The van der Waals surface area contributed by atoms with Gasteiger partial charge in [0.1, 0.15) is 5.82 Å². The van der Waals surface area contributed by atoms with Crippen LogP contribution in [0.25, 0.3) is 11.8 Å². The number of halogens is 1. The van der Waals surface area contributed by atoms with Crippen LogP contribution in [-0.4, -0.2) is 53.1 Å². The Hall–Kier alpha value is -2.67. The topological polar surface area (TPSA) is 59.4 Å². The molecule has 0 spiro atoms. The zero-order chi connectivity index (χ0) is 23.7. The summed E-state index contributed by atoms with van der Waals surface area (Å²) in [6, 6.07) is 6.75. The van der Waals surface area contributed by atoms with Crippen LogP contribution in [0.2, 0.25) is 0 Å². The number of aromatic nitrogens is 2. The van der Waals surface area contributed by atoms with E-state index in [0.717, 1.165) is 49.9 Å². The van der Waals surface area contributed by atoms with Crippen LogP contribution in [0.4, 0.5) is 9.18 Å². The highest BCUT2D eigenvalue weighted by Crippen LogP contribution is 2.54. The molecule has 3 aliphatic rings. The lowest BCUT2D eigenvalue weighted by Gasteiger charge is -2.38. The highest BCUT2D eigenvalue weighted by Gasteiger charge is 2.46. The number of fused-ring (bicyclic) bond motifs is 2. The van der Waals surface area contributed by atoms with Crippen molar-refractivity contribution >= 4 is 12.1 Å². The lowest BCUT2D eigenvalue weighted by molar-refractivity contribution is 0.0519. The fourth-order valence-electron chi connectivity index (χ4n) is 6.07. The number of hydrogen-bond acceptors (Lipinski definition) is 3. The quantitative estimate of drug-likeness (QED) is 0.654. The van der Waals surface area contributed by atoms with Gasteiger partial charge in [-0.1, -0.05) is 25.8 Å². The summed E-state index contributed by atoms with van der Waals surface area (Å²) in [5.41, 5.74) is 4.80. The molecule has 7 heteroatoms. The van der Waals surface area contributed by atoms with Gasteiger partial charge in [-0.3, -0.25) is 0 Å². The van der Waals surface area contributed by atoms with Crippen LogP contribution in [-0.2, 0) is 11.2 Å². The van der Waals surface area contributed by atoms with Gasteiger partial charge in [0.05, 0.1) is 30.8 Å². The number of allylic oxidation sites excluding steroid dienone is 1. The standard InChI is InChI=1S/C27H35FN4O2/c1-3-4-23(30-26(33)31-11-13-34-14-12-31)15-20-5-6-21-16-25-19(17-27(20,21)2)18-29-32(25)24-9-7-22(28)8-10-24/h7-10,16,18,20,23H,3-6,11-15,17H2,1-2H3,(H,30,33)/t20-,23?,27-/m1/s1. The first-order valence-corrected chi connectivity index (χ1v) is 12.6. The Balaban J connectivity index is 1.32. The average Bonchev–Trinajstić information content (AvgIpc) is 3.38. The van der Waals surface area contributed by atoms with Crippen LogP contribution in [0.15, 0.2) is 36.0 Å². The van der Waals surface area contributed by atoms with E-state index in [1.54, 1.807) is 12.1 Å². The molecule has 2 amide bonds. The third-order valence-electron chi connectivity index (χ3n) is 8.05. The number of carbonyl (C=O) groups is 1. The number of nitrogens with one attached hydrogen (secondary N) is 1. The van der Waals surface area contributed by atoms with Crippen molar-refractivity contribution in [2.45, 2.75) is 58.4 Å². The van der Waals surface area contributed by atoms with Gasteiger partial charge in [-0.2, -0.15) is 5.10 Å². The molecule has 1 unspecified atom stereocenters. The zero-order valence-electron chi connectivity index (χ0n) is 20.2. The lowest BCUT2D eigenvalue weighted by atomic mass is 9.68. The van der Waals surface area contributed by atoms with Crippen LogP contribution in [0.3, 0.4) is 0 Å². The molecule has 1 aromatic heterocycles. The molecule has 1 saturated carbocycles. The van der Waals surface area contributed by atoms with Crippen molar-refractivity contribution in [3.8, 4) is 5.69 Å². The van der Waals surface area contributed by atoms with E-state index < -0.39 is 0 Å². The molecular formula is C27H35FN4O2. The summed E-state index contributed by atoms with van der Waals surface area (Å²) in [5.74, 6) is 0.277. The van der Waals surface area contributed by atoms with Crippen LogP contribution >= 0.6 is 0 Å². The Morgan fingerprint density at radius 2 is 2.06 bits per heavy atom. The molecule has 6 nitrogen and oxygen atoms in total. The van der Waals surface area contributed by atoms with E-state index in [0.29, 0.717) is 32.2 Å². The molecule has 1 aromatic carbocycles. The van der Waals surface area contributed by atoms with Gasteiger partial charge in [0.25, 0.3) is 0 Å². The zero-order valence-corrected chi connectivity index (χ0v) is 20.2. The summed E-state index contributed by atoms with van der Waals surface area (Å²) >= 11 is 0. The molecule has 0 bridgehead atoms. The molecule has 1 N–H and O–H groups in total. The smallest absolute Gasteiger partial charge is 0.317 e. The van der Waals surface area contributed by atoms with E-state index >= 15 is 0 Å². The predicted molar refractivity (Wildman–Crippen MR) is 130 cm³/mol. The first-order valence-electron chi connectivity index (χ1n) is 12.6. The summed E-state index contributed by atoms with van der Waals surface area (Å²) in [5, 5.41) is 7.98. The van der Waals surface area contributed by atoms with E-state index in [2.05, 4.69) is 30.3 Å². The first-order chi connectivity index (χ1) is 16.5. The van der Waals surface area contributed by atoms with E-state index in [1.165, 1.54) is 23.3 Å². The first kappa shape index (κ1) is 23.1. The normalized spacial score (nSPS) is 24.9. The van der Waals surface area contributed by atoms with Gasteiger partial charge < -0.3 is 15.0 Å². The summed E-state index contributed by atoms with van der Waals surface area (Å²) in [6.07, 6.45) is 10.5. The summed E-state index contributed by atoms with van der Waals surface area (Å²) in [6.45, 7) is 7.15. The molecule has 1 aliphatic heterocycles. The van der Waals surface area contributed by atoms with Crippen molar-refractivity contribution < 1.29 is 13.9 Å². The maximum absolute atomic E-state index is 13.4. The summed E-state index contributed by atoms with van der Waals surface area (Å²) < 4.78 is 20.7. The minimum atomic E-state index is -0.239. The number of urea groups is 1. The third-order valence-corrected chi connectivity index (χ3v) is 8.05. The molecule has 1 saturated heterocycles. The number of amides is 2. The summed E-state index contributed by atoms with van der Waals surface area (Å²) in [7, 11) is 0. The minimum absolute atomic E-state index is 0.0483. The van der Waals surface area contributed by atoms with Gasteiger partial charge in [-0.25, -0.2) is 13.9 Å². The number of rotatable bonds is 6. The van der Waals surface area contributed by atoms with Crippen molar-refractivity contribution in [1.29, 1.82) is 0 Å². The minimum Gasteiger partial charge on any atom is -0.378 e. The Morgan fingerprint density at radius 1 is 1.29 bits per heavy atom. The van der Waals surface area contributed by atoms with E-state index in [-0.39, 0.29) is 23.3 Å². The van der Waals surface area contributed by atoms with Crippen molar-refractivity contribution in [3.63, 3.8) is 0 Å². The van der Waals surface area contributed by atoms with Crippen LogP contribution in [0.1, 0.15) is 57.2 Å². The van der Waals surface area contributed by atoms with Crippen LogP contribution < -0.4 is 5.32 Å². The summed E-state index contributed by atoms with van der Waals surface area (Å²) in [4.78, 5) is 14.7. The molecule has 2 aliphatic carbocycles. The number of nitrogens with zero attached hydrogens (tertiary/aromatic N) is 3. The van der Waals surface area contributed by atoms with Crippen molar-refractivity contribution in [3.05, 3.63) is 53.1 Å². The second-order valence-electron chi connectivity index (χ2n) is 10.2. The third kappa shape index (κ3) is 4.38. The maximum Gasteiger partial charge on any atom is 0.317 e. The molecule has 182 valence electrons. The van der Waals surface area contributed by atoms with Gasteiger partial charge >= 0.3 is 6.03 Å². The molecule has 0 radical (unpaired) electrons. The monoisotopic (exact) mass is 466 g/mol. The Morgan fingerprint density at radius 3 is 2.79 bits per heavy atom. The van der Waals surface area contributed by atoms with Crippen LogP contribution in [0, 0.1) is 17.2 Å². The molecule has 5 rings (SSSR count). The second kappa shape index (κ2) is 9.53. The largest absolute Gasteiger partial charge is 0.378 e. The maximum atomic E-state index is 13.4. The second-order valence-corrected chi connectivity index (χ2v) is 10.2. The molecule has 2 aromatic rings. The molecule has 3 atom stereocenters. The number of morpholine rings is 1. The van der Waals surface area contributed by atoms with E-state index in [4.69, 9.17) is 4.74 Å². The van der Waals surface area contributed by atoms with Gasteiger partial charge in [0, 0.05) is 19.1 Å². The van der Waals surface area contributed by atoms with Gasteiger partial charge in [-0.15, -0.1) is 0 Å². The SMILES string of the molecule is CCCC(C[C@H]1CCC2=Cc3c(cnn3-c3ccc(F)cc3)C[C@@]21C)NC(=O)N1CCOCC1. The highest BCUT2D eigenvalue weighted by atomic mass is 19.1. The molecular weight excluding hydrogens is 431 g/mol. The van der Waals surface area contributed by atoms with Gasteiger partial charge in [0.15, 0.2) is 0 Å². The van der Waals surface area contributed by atoms with Crippen molar-refractivity contribution in [1.82, 2.24) is 20.0 Å². The van der Waals surface area contributed by atoms with Crippen LogP contribution in [0.5, 0.6) is 0 Å². The number of ether oxygens (including phenoxy) is 1. The van der Waals surface area contributed by atoms with Crippen molar-refractivity contribution in [2.75, 3.05) is 26.3 Å². The van der Waals surface area contributed by atoms with Crippen molar-refractivity contribution in [2.24, 2.45) is 11.3 Å². The molecule has 34 heavy (non-hydrogen) atoms. The molecule has 2 fully saturated rings. The Labute approximate surface area is 201 Å². The fourth-order valence-corrected chi connectivity index (χ4v) is 6.07. The fraction of sp³-hybridized carbons (Fsp3) is 0.556. The lowest BCUT2D eigenvalue weighted by Crippen LogP contribution is -2.50. The Bertz CT molecular complexity index is 1060. The highest BCUT2D eigenvalue weighted by molar-refractivity contribution is 5.74.